The molecule has 20 heavy (non-hydrogen) atoms. The van der Waals surface area contributed by atoms with Gasteiger partial charge in [-0.25, -0.2) is 4.79 Å². The van der Waals surface area contributed by atoms with Crippen LogP contribution in [0, 0.1) is 0 Å². The van der Waals surface area contributed by atoms with Crippen molar-refractivity contribution in [3.05, 3.63) is 22.8 Å². The average Bonchev–Trinajstić information content (AvgIpc) is 3.23. The number of ether oxygens (including phenoxy) is 2. The first-order valence-corrected chi connectivity index (χ1v) is 7.42. The number of allylic oxidation sites excluding steroid dienone is 1. The molecule has 0 bridgehead atoms. The Labute approximate surface area is 118 Å². The van der Waals surface area contributed by atoms with Crippen molar-refractivity contribution in [3.8, 4) is 0 Å². The van der Waals surface area contributed by atoms with Crippen molar-refractivity contribution in [3.63, 3.8) is 0 Å². The largest absolute Gasteiger partial charge is 0.478 e. The quantitative estimate of drug-likeness (QED) is 0.635. The number of epoxide rings is 2. The van der Waals surface area contributed by atoms with Crippen LogP contribution < -0.4 is 0 Å². The fourth-order valence-electron chi connectivity index (χ4n) is 3.77. The highest BCUT2D eigenvalue weighted by Crippen LogP contribution is 2.53. The van der Waals surface area contributed by atoms with Gasteiger partial charge in [-0.1, -0.05) is 11.6 Å². The maximum atomic E-state index is 11.4. The lowest BCUT2D eigenvalue weighted by molar-refractivity contribution is -0.133. The lowest BCUT2D eigenvalue weighted by Crippen LogP contribution is -2.23. The van der Waals surface area contributed by atoms with Crippen molar-refractivity contribution < 1.29 is 19.4 Å². The highest BCUT2D eigenvalue weighted by molar-refractivity contribution is 5.88. The Morgan fingerprint density at radius 2 is 2.05 bits per heavy atom. The molecular weight excluding hydrogens is 256 g/mol. The molecule has 0 spiro atoms. The van der Waals surface area contributed by atoms with Crippen molar-refractivity contribution in [2.24, 2.45) is 0 Å². The van der Waals surface area contributed by atoms with Crippen molar-refractivity contribution >= 4 is 5.97 Å². The smallest absolute Gasteiger partial charge is 0.331 e. The summed E-state index contributed by atoms with van der Waals surface area (Å²) in [4.78, 5) is 11.4. The molecule has 2 heterocycles. The summed E-state index contributed by atoms with van der Waals surface area (Å²) in [7, 11) is 0. The van der Waals surface area contributed by atoms with E-state index in [9.17, 15) is 9.90 Å². The lowest BCUT2D eigenvalue weighted by Gasteiger charge is -2.21. The van der Waals surface area contributed by atoms with Gasteiger partial charge in [0.1, 0.15) is 12.2 Å². The molecule has 2 aliphatic heterocycles. The standard InChI is InChI=1S/C16H20O4/c1-15-5-3-9(8-12(15)19-15)7-11-10(14(17)18)4-6-16(2)13(11)20-16/h8,12-13H,3-7H2,1-2H3,(H,17,18). The Morgan fingerprint density at radius 1 is 1.30 bits per heavy atom. The van der Waals surface area contributed by atoms with Crippen LogP contribution >= 0.6 is 0 Å². The summed E-state index contributed by atoms with van der Waals surface area (Å²) in [6.07, 6.45) is 6.72. The Morgan fingerprint density at radius 3 is 2.75 bits per heavy atom. The molecule has 4 heteroatoms. The Balaban J connectivity index is 1.60. The second-order valence-corrected chi connectivity index (χ2v) is 6.97. The van der Waals surface area contributed by atoms with Crippen LogP contribution in [0.4, 0.5) is 0 Å². The lowest BCUT2D eigenvalue weighted by atomic mass is 9.80. The molecule has 0 amide bonds. The number of hydrogen-bond acceptors (Lipinski definition) is 3. The summed E-state index contributed by atoms with van der Waals surface area (Å²) in [5.74, 6) is -0.776. The molecule has 4 rings (SSSR count). The third-order valence-corrected chi connectivity index (χ3v) is 5.41. The van der Waals surface area contributed by atoms with E-state index >= 15 is 0 Å². The zero-order chi connectivity index (χ0) is 14.1. The topological polar surface area (TPSA) is 62.4 Å². The predicted octanol–water partition coefficient (Wildman–Crippen LogP) is 2.59. The summed E-state index contributed by atoms with van der Waals surface area (Å²) in [6, 6.07) is 0. The van der Waals surface area contributed by atoms with Gasteiger partial charge in [-0.3, -0.25) is 0 Å². The summed E-state index contributed by atoms with van der Waals surface area (Å²) in [5, 5.41) is 9.40. The number of carbonyl (C=O) groups is 1. The van der Waals surface area contributed by atoms with E-state index in [0.29, 0.717) is 12.0 Å². The molecule has 2 aliphatic carbocycles. The van der Waals surface area contributed by atoms with Crippen LogP contribution in [0.3, 0.4) is 0 Å². The summed E-state index contributed by atoms with van der Waals surface area (Å²) in [5.41, 5.74) is 2.86. The number of carboxylic acids is 1. The van der Waals surface area contributed by atoms with Gasteiger partial charge in [-0.2, -0.15) is 0 Å². The third kappa shape index (κ3) is 1.78. The van der Waals surface area contributed by atoms with E-state index < -0.39 is 5.97 Å². The monoisotopic (exact) mass is 276 g/mol. The Hall–Kier alpha value is -1.13. The molecule has 2 saturated heterocycles. The molecule has 4 atom stereocenters. The maximum absolute atomic E-state index is 11.4. The van der Waals surface area contributed by atoms with Gasteiger partial charge >= 0.3 is 5.97 Å². The van der Waals surface area contributed by atoms with Gasteiger partial charge in [0, 0.05) is 5.57 Å². The van der Waals surface area contributed by atoms with Gasteiger partial charge in [0.15, 0.2) is 0 Å². The number of rotatable bonds is 3. The summed E-state index contributed by atoms with van der Waals surface area (Å²) >= 11 is 0. The van der Waals surface area contributed by atoms with Gasteiger partial charge in [-0.05, 0) is 51.5 Å². The van der Waals surface area contributed by atoms with Gasteiger partial charge in [-0.15, -0.1) is 0 Å². The number of aliphatic carboxylic acids is 1. The summed E-state index contributed by atoms with van der Waals surface area (Å²) in [6.45, 7) is 4.24. The molecule has 1 N–H and O–H groups in total. The van der Waals surface area contributed by atoms with Crippen molar-refractivity contribution in [2.75, 3.05) is 0 Å². The second-order valence-electron chi connectivity index (χ2n) is 6.97. The third-order valence-electron chi connectivity index (χ3n) is 5.41. The van der Waals surface area contributed by atoms with E-state index in [1.165, 1.54) is 5.57 Å². The zero-order valence-electron chi connectivity index (χ0n) is 11.9. The van der Waals surface area contributed by atoms with Crippen LogP contribution in [0.15, 0.2) is 22.8 Å². The molecule has 108 valence electrons. The van der Waals surface area contributed by atoms with Crippen molar-refractivity contribution in [1.29, 1.82) is 0 Å². The minimum atomic E-state index is -0.776. The van der Waals surface area contributed by atoms with Gasteiger partial charge in [0.2, 0.25) is 0 Å². The van der Waals surface area contributed by atoms with E-state index in [2.05, 4.69) is 19.9 Å². The first-order valence-electron chi connectivity index (χ1n) is 7.42. The van der Waals surface area contributed by atoms with E-state index in [4.69, 9.17) is 9.47 Å². The fraction of sp³-hybridized carbons (Fsp3) is 0.688. The first-order chi connectivity index (χ1) is 9.41. The zero-order valence-corrected chi connectivity index (χ0v) is 11.9. The molecule has 0 radical (unpaired) electrons. The van der Waals surface area contributed by atoms with Crippen LogP contribution in [0.2, 0.25) is 0 Å². The number of hydrogen-bond donors (Lipinski definition) is 1. The Kier molecular flexibility index (Phi) is 2.36. The van der Waals surface area contributed by atoms with Crippen LogP contribution in [0.1, 0.15) is 46.0 Å². The van der Waals surface area contributed by atoms with Gasteiger partial charge in [0.25, 0.3) is 0 Å². The highest BCUT2D eigenvalue weighted by atomic mass is 16.6. The molecule has 0 saturated carbocycles. The number of fused-ring (bicyclic) bond motifs is 2. The molecule has 4 aliphatic rings. The van der Waals surface area contributed by atoms with E-state index in [1.54, 1.807) is 0 Å². The van der Waals surface area contributed by atoms with E-state index in [0.717, 1.165) is 31.3 Å². The number of carboxylic acid groups (broad SMARTS) is 1. The highest BCUT2D eigenvalue weighted by Gasteiger charge is 2.58. The minimum absolute atomic E-state index is 0.0247. The predicted molar refractivity (Wildman–Crippen MR) is 72.4 cm³/mol. The molecule has 4 nitrogen and oxygen atoms in total. The molecule has 0 aromatic heterocycles. The molecule has 0 aromatic carbocycles. The van der Waals surface area contributed by atoms with Crippen molar-refractivity contribution in [2.45, 2.75) is 69.4 Å². The average molecular weight is 276 g/mol. The minimum Gasteiger partial charge on any atom is -0.478 e. The van der Waals surface area contributed by atoms with Crippen molar-refractivity contribution in [1.82, 2.24) is 0 Å². The maximum Gasteiger partial charge on any atom is 0.331 e. The van der Waals surface area contributed by atoms with Crippen LogP contribution in [-0.4, -0.2) is 34.5 Å². The fourth-order valence-corrected chi connectivity index (χ4v) is 3.77. The van der Waals surface area contributed by atoms with Gasteiger partial charge in [0.05, 0.1) is 11.2 Å². The molecule has 2 fully saturated rings. The Bertz CT molecular complexity index is 561. The molecule has 4 unspecified atom stereocenters. The van der Waals surface area contributed by atoms with Crippen LogP contribution in [-0.2, 0) is 14.3 Å². The molecule has 0 aromatic rings. The second kappa shape index (κ2) is 3.74. The molecular formula is C16H20O4. The summed E-state index contributed by atoms with van der Waals surface area (Å²) < 4.78 is 11.5. The van der Waals surface area contributed by atoms with E-state index in [-0.39, 0.29) is 23.4 Å². The van der Waals surface area contributed by atoms with Gasteiger partial charge < -0.3 is 14.6 Å². The van der Waals surface area contributed by atoms with Crippen LogP contribution in [0.5, 0.6) is 0 Å². The normalized spacial score (nSPS) is 45.4. The van der Waals surface area contributed by atoms with E-state index in [1.807, 2.05) is 0 Å². The SMILES string of the molecule is CC12CCC(CC3=C(C(=O)O)CCC4(C)OC34)=CC1O2. The van der Waals surface area contributed by atoms with Crippen LogP contribution in [0.25, 0.3) is 0 Å². The first kappa shape index (κ1) is 12.6.